The molecule has 11 heteroatoms. The van der Waals surface area contributed by atoms with Gasteiger partial charge >= 0.3 is 13.3 Å². The molecule has 0 bridgehead atoms. The highest BCUT2D eigenvalue weighted by atomic mass is 31.2. The summed E-state index contributed by atoms with van der Waals surface area (Å²) in [5.41, 5.74) is 0.237. The molecule has 9 nitrogen and oxygen atoms in total. The molecule has 2 rings (SSSR count). The number of aryl methyl sites for hydroxylation is 1. The molecule has 0 aromatic carbocycles. The van der Waals surface area contributed by atoms with Gasteiger partial charge in [0, 0.05) is 24.8 Å². The normalized spacial score (nSPS) is 23.2. The summed E-state index contributed by atoms with van der Waals surface area (Å²) < 4.78 is 38.8. The predicted octanol–water partition coefficient (Wildman–Crippen LogP) is 4.96. The highest BCUT2D eigenvalue weighted by Gasteiger charge is 2.45. The number of nitrogens with zero attached hydrogens (tertiary/aromatic N) is 1. The van der Waals surface area contributed by atoms with E-state index in [1.54, 1.807) is 20.8 Å². The quantitative estimate of drug-likeness (QED) is 0.308. The van der Waals surface area contributed by atoms with Crippen molar-refractivity contribution in [2.75, 3.05) is 13.3 Å². The second-order valence-corrected chi connectivity index (χ2v) is 17.2. The second kappa shape index (κ2) is 11.8. The van der Waals surface area contributed by atoms with Crippen LogP contribution in [0.4, 0.5) is 0 Å². The van der Waals surface area contributed by atoms with Gasteiger partial charge in [0.15, 0.2) is 8.32 Å². The van der Waals surface area contributed by atoms with Crippen LogP contribution in [-0.4, -0.2) is 49.5 Å². The monoisotopic (exact) mass is 518 g/mol. The average molecular weight is 519 g/mol. The van der Waals surface area contributed by atoms with E-state index in [0.717, 1.165) is 12.5 Å². The molecule has 0 amide bonds. The van der Waals surface area contributed by atoms with Crippen LogP contribution in [0.25, 0.3) is 0 Å². The van der Waals surface area contributed by atoms with Gasteiger partial charge in [-0.05, 0) is 37.9 Å². The van der Waals surface area contributed by atoms with Crippen molar-refractivity contribution >= 4 is 15.9 Å². The second-order valence-electron chi connectivity index (χ2n) is 10.2. The van der Waals surface area contributed by atoms with Gasteiger partial charge < -0.3 is 18.2 Å². The maximum Gasteiger partial charge on any atom is 0.330 e. The van der Waals surface area contributed by atoms with Crippen molar-refractivity contribution in [3.8, 4) is 0 Å². The van der Waals surface area contributed by atoms with Crippen LogP contribution in [-0.2, 0) is 22.8 Å². The van der Waals surface area contributed by atoms with Gasteiger partial charge in [-0.25, -0.2) is 4.79 Å². The van der Waals surface area contributed by atoms with Gasteiger partial charge in [-0.15, -0.1) is 0 Å². The Labute approximate surface area is 204 Å². The molecular formula is C23H43N2O7PSi. The number of H-pyrrole nitrogens is 1. The van der Waals surface area contributed by atoms with E-state index in [4.69, 9.17) is 18.2 Å². The zero-order valence-electron chi connectivity index (χ0n) is 22.1. The number of hydrogen-bond acceptors (Lipinski definition) is 7. The lowest BCUT2D eigenvalue weighted by Crippen LogP contribution is -2.47. The van der Waals surface area contributed by atoms with E-state index < -0.39 is 45.6 Å². The Hall–Kier alpha value is -1.03. The zero-order valence-corrected chi connectivity index (χ0v) is 24.0. The third-order valence-corrected chi connectivity index (χ3v) is 13.8. The Morgan fingerprint density at radius 3 is 2.35 bits per heavy atom. The fourth-order valence-electron chi connectivity index (χ4n) is 4.86. The minimum absolute atomic E-state index is 0.264. The van der Waals surface area contributed by atoms with E-state index >= 15 is 0 Å². The van der Waals surface area contributed by atoms with Gasteiger partial charge in [0.1, 0.15) is 12.3 Å². The van der Waals surface area contributed by atoms with E-state index in [1.165, 1.54) is 17.4 Å². The Morgan fingerprint density at radius 1 is 1.21 bits per heavy atom. The van der Waals surface area contributed by atoms with Gasteiger partial charge in [0.05, 0.1) is 18.8 Å². The molecule has 0 aliphatic carbocycles. The first-order valence-corrected chi connectivity index (χ1v) is 16.5. The molecule has 0 saturated carbocycles. The summed E-state index contributed by atoms with van der Waals surface area (Å²) in [6.45, 7) is 18.0. The summed E-state index contributed by atoms with van der Waals surface area (Å²) in [7, 11) is -5.48. The number of aromatic nitrogens is 2. The van der Waals surface area contributed by atoms with Crippen LogP contribution in [0.2, 0.25) is 17.1 Å². The molecule has 196 valence electrons. The van der Waals surface area contributed by atoms with Crippen molar-refractivity contribution in [2.45, 2.75) is 110 Å². The number of hydrogen-bond donors (Lipinski definition) is 1. The molecule has 2 heterocycles. The van der Waals surface area contributed by atoms with Gasteiger partial charge in [0.2, 0.25) is 0 Å². The van der Waals surface area contributed by atoms with Crippen LogP contribution in [0.3, 0.4) is 0 Å². The lowest BCUT2D eigenvalue weighted by atomic mass is 10.2. The first-order valence-electron chi connectivity index (χ1n) is 12.3. The van der Waals surface area contributed by atoms with Crippen LogP contribution in [0, 0.1) is 6.92 Å². The zero-order chi connectivity index (χ0) is 25.8. The fourth-order valence-corrected chi connectivity index (χ4v) is 10.9. The molecule has 0 spiro atoms. The molecule has 1 aliphatic heterocycles. The van der Waals surface area contributed by atoms with Crippen LogP contribution in [0.15, 0.2) is 15.8 Å². The standard InChI is InChI=1S/C23H43N2O7PSi/c1-10-11-34(16(4)5,17(6)7)29-14-20-19(32-33(9,28)31-15(2)3)12-21(30-20)25-13-18(8)22(26)24-23(25)27/h13,15-17,19-21H,10-12,14H2,1-9H3,(H,24,26,27)/t19-,20-,21-,33?/m1/s1. The van der Waals surface area contributed by atoms with Crippen LogP contribution in [0.5, 0.6) is 0 Å². The molecule has 4 atom stereocenters. The summed E-state index contributed by atoms with van der Waals surface area (Å²) in [5, 5.41) is 0. The van der Waals surface area contributed by atoms with Crippen LogP contribution in [0.1, 0.15) is 73.1 Å². The first kappa shape index (κ1) is 29.2. The van der Waals surface area contributed by atoms with Crippen molar-refractivity contribution in [2.24, 2.45) is 0 Å². The average Bonchev–Trinajstić information content (AvgIpc) is 3.07. The number of ether oxygens (including phenoxy) is 1. The third kappa shape index (κ3) is 7.01. The van der Waals surface area contributed by atoms with Gasteiger partial charge in [0.25, 0.3) is 5.56 Å². The molecule has 0 radical (unpaired) electrons. The molecule has 1 saturated heterocycles. The number of rotatable bonds is 12. The molecular weight excluding hydrogens is 475 g/mol. The first-order chi connectivity index (χ1) is 15.7. The molecule has 34 heavy (non-hydrogen) atoms. The highest BCUT2D eigenvalue weighted by molar-refractivity contribution is 7.53. The lowest BCUT2D eigenvalue weighted by Gasteiger charge is -2.39. The Kier molecular flexibility index (Phi) is 10.1. The van der Waals surface area contributed by atoms with E-state index in [9.17, 15) is 14.2 Å². The summed E-state index contributed by atoms with van der Waals surface area (Å²) in [6, 6.07) is 1.03. The van der Waals surface area contributed by atoms with Gasteiger partial charge in [-0.2, -0.15) is 0 Å². The molecule has 1 N–H and O–H groups in total. The summed E-state index contributed by atoms with van der Waals surface area (Å²) in [5.74, 6) is 0. The Balaban J connectivity index is 2.35. The lowest BCUT2D eigenvalue weighted by molar-refractivity contribution is -0.0419. The highest BCUT2D eigenvalue weighted by Crippen LogP contribution is 2.50. The van der Waals surface area contributed by atoms with Crippen molar-refractivity contribution in [1.29, 1.82) is 0 Å². The third-order valence-electron chi connectivity index (χ3n) is 6.48. The Morgan fingerprint density at radius 2 is 1.82 bits per heavy atom. The van der Waals surface area contributed by atoms with Gasteiger partial charge in [-0.1, -0.05) is 41.0 Å². The van der Waals surface area contributed by atoms with Crippen molar-refractivity contribution in [3.05, 3.63) is 32.6 Å². The maximum absolute atomic E-state index is 13.0. The topological polar surface area (TPSA) is 109 Å². The Bertz CT molecular complexity index is 967. The summed E-state index contributed by atoms with van der Waals surface area (Å²) in [4.78, 5) is 26.6. The van der Waals surface area contributed by atoms with E-state index in [-0.39, 0.29) is 19.1 Å². The fraction of sp³-hybridized carbons (Fsp3) is 0.826. The minimum Gasteiger partial charge on any atom is -0.414 e. The number of nitrogens with one attached hydrogen (secondary N) is 1. The van der Waals surface area contributed by atoms with E-state index in [0.29, 0.717) is 16.6 Å². The van der Waals surface area contributed by atoms with Crippen molar-refractivity contribution < 1.29 is 22.8 Å². The van der Waals surface area contributed by atoms with Crippen LogP contribution >= 0.6 is 7.60 Å². The molecule has 1 aliphatic rings. The van der Waals surface area contributed by atoms with E-state index in [1.807, 2.05) is 0 Å². The smallest absolute Gasteiger partial charge is 0.330 e. The van der Waals surface area contributed by atoms with Crippen molar-refractivity contribution in [1.82, 2.24) is 9.55 Å². The SMILES string of the molecule is CCC[Si](OC[C@H]1O[C@@H](n2cc(C)c(=O)[nH]c2=O)C[C@H]1OP(C)(=O)OC(C)C)(C(C)C)C(C)C. The molecule has 1 aromatic heterocycles. The molecule has 1 aromatic rings. The largest absolute Gasteiger partial charge is 0.414 e. The number of aromatic amines is 1. The molecule has 1 fully saturated rings. The predicted molar refractivity (Wildman–Crippen MR) is 136 cm³/mol. The van der Waals surface area contributed by atoms with E-state index in [2.05, 4.69) is 39.6 Å². The molecule has 1 unspecified atom stereocenters. The van der Waals surface area contributed by atoms with Crippen molar-refractivity contribution in [3.63, 3.8) is 0 Å². The minimum atomic E-state index is -3.37. The van der Waals surface area contributed by atoms with Crippen LogP contribution < -0.4 is 11.2 Å². The maximum atomic E-state index is 13.0. The van der Waals surface area contributed by atoms with Gasteiger partial charge in [-0.3, -0.25) is 18.9 Å². The summed E-state index contributed by atoms with van der Waals surface area (Å²) in [6.07, 6.45) is 0.738. The summed E-state index contributed by atoms with van der Waals surface area (Å²) >= 11 is 0.